The fourth-order valence-corrected chi connectivity index (χ4v) is 5.02. The van der Waals surface area contributed by atoms with E-state index >= 15 is 0 Å². The number of amides is 1. The quantitative estimate of drug-likeness (QED) is 0.715. The second-order valence-electron chi connectivity index (χ2n) is 7.91. The fourth-order valence-electron chi connectivity index (χ4n) is 4.42. The lowest BCUT2D eigenvalue weighted by Crippen LogP contribution is -2.38. The summed E-state index contributed by atoms with van der Waals surface area (Å²) in [6.45, 7) is 1.06. The van der Waals surface area contributed by atoms with Crippen LogP contribution in [0.2, 0.25) is 10.0 Å². The molecule has 1 saturated carbocycles. The van der Waals surface area contributed by atoms with Crippen molar-refractivity contribution in [2.75, 3.05) is 6.54 Å². The zero-order chi connectivity index (χ0) is 19.9. The molecule has 3 nitrogen and oxygen atoms in total. The van der Waals surface area contributed by atoms with Crippen molar-refractivity contribution in [1.29, 1.82) is 0 Å². The summed E-state index contributed by atoms with van der Waals surface area (Å²) >= 11 is 13.0. The van der Waals surface area contributed by atoms with E-state index in [1.165, 1.54) is 12.1 Å². The van der Waals surface area contributed by atoms with Crippen LogP contribution >= 0.6 is 23.2 Å². The van der Waals surface area contributed by atoms with E-state index in [0.717, 1.165) is 36.0 Å². The van der Waals surface area contributed by atoms with Crippen molar-refractivity contribution in [3.63, 3.8) is 0 Å². The van der Waals surface area contributed by atoms with E-state index in [1.54, 1.807) is 12.1 Å². The molecule has 2 aliphatic rings. The number of nitrogens with zero attached hydrogens (tertiary/aromatic N) is 1. The van der Waals surface area contributed by atoms with Crippen LogP contribution in [0.15, 0.2) is 36.4 Å². The number of carbonyl (C=O) groups excluding carboxylic acids is 1. The van der Waals surface area contributed by atoms with Crippen LogP contribution in [0, 0.1) is 11.2 Å². The first kappa shape index (κ1) is 19.7. The first-order valence-electron chi connectivity index (χ1n) is 9.59. The zero-order valence-electron chi connectivity index (χ0n) is 15.4. The van der Waals surface area contributed by atoms with E-state index < -0.39 is 0 Å². The molecule has 0 aromatic heterocycles. The van der Waals surface area contributed by atoms with E-state index in [9.17, 15) is 14.3 Å². The minimum absolute atomic E-state index is 0.147. The summed E-state index contributed by atoms with van der Waals surface area (Å²) in [6.07, 6.45) is 3.40. The smallest absolute Gasteiger partial charge is 0.229 e. The van der Waals surface area contributed by atoms with Gasteiger partial charge < -0.3 is 10.0 Å². The van der Waals surface area contributed by atoms with Crippen molar-refractivity contribution in [1.82, 2.24) is 4.90 Å². The second kappa shape index (κ2) is 7.66. The Morgan fingerprint density at radius 3 is 2.25 bits per heavy atom. The Kier molecular flexibility index (Phi) is 5.38. The number of hydrogen-bond donors (Lipinski definition) is 1. The highest BCUT2D eigenvalue weighted by atomic mass is 35.5. The first-order valence-corrected chi connectivity index (χ1v) is 10.3. The summed E-state index contributed by atoms with van der Waals surface area (Å²) < 4.78 is 13.2. The predicted molar refractivity (Wildman–Crippen MR) is 109 cm³/mol. The molecule has 2 aromatic rings. The number of hydrogen-bond acceptors (Lipinski definition) is 2. The van der Waals surface area contributed by atoms with E-state index in [1.807, 2.05) is 17.0 Å². The predicted octanol–water partition coefficient (Wildman–Crippen LogP) is 5.45. The van der Waals surface area contributed by atoms with Crippen LogP contribution < -0.4 is 0 Å². The summed E-state index contributed by atoms with van der Waals surface area (Å²) in [7, 11) is 0. The van der Waals surface area contributed by atoms with Crippen LogP contribution in [-0.4, -0.2) is 28.6 Å². The van der Waals surface area contributed by atoms with E-state index in [-0.39, 0.29) is 23.2 Å². The van der Waals surface area contributed by atoms with Gasteiger partial charge in [0.2, 0.25) is 5.91 Å². The number of carbonyl (C=O) groups is 1. The maximum Gasteiger partial charge on any atom is 0.229 e. The summed E-state index contributed by atoms with van der Waals surface area (Å²) in [4.78, 5) is 14.9. The summed E-state index contributed by atoms with van der Waals surface area (Å²) in [5.74, 6) is -0.150. The lowest BCUT2D eigenvalue weighted by atomic mass is 9.72. The summed E-state index contributed by atoms with van der Waals surface area (Å²) in [6, 6.07) is 9.78. The molecule has 1 spiro atoms. The van der Waals surface area contributed by atoms with Gasteiger partial charge in [-0.15, -0.1) is 0 Å². The Hall–Kier alpha value is -1.62. The van der Waals surface area contributed by atoms with Gasteiger partial charge in [-0.2, -0.15) is 0 Å². The minimum atomic E-state index is -0.327. The minimum Gasteiger partial charge on any atom is -0.393 e. The molecule has 0 bridgehead atoms. The molecule has 1 N–H and O–H groups in total. The Labute approximate surface area is 174 Å². The molecule has 0 unspecified atom stereocenters. The molecule has 0 radical (unpaired) electrons. The van der Waals surface area contributed by atoms with Crippen molar-refractivity contribution in [3.8, 4) is 11.1 Å². The zero-order valence-corrected chi connectivity index (χ0v) is 16.9. The lowest BCUT2D eigenvalue weighted by Gasteiger charge is -2.34. The van der Waals surface area contributed by atoms with Crippen molar-refractivity contribution in [2.45, 2.75) is 44.8 Å². The molecule has 2 fully saturated rings. The van der Waals surface area contributed by atoms with E-state index in [2.05, 4.69) is 0 Å². The maximum atomic E-state index is 13.2. The molecule has 1 saturated heterocycles. The number of halogens is 3. The molecule has 148 valence electrons. The monoisotopic (exact) mass is 421 g/mol. The molecule has 1 amide bonds. The highest BCUT2D eigenvalue weighted by Gasteiger charge is 2.48. The molecular formula is C22H22Cl2FNO2. The summed E-state index contributed by atoms with van der Waals surface area (Å²) in [5, 5.41) is 10.8. The molecule has 4 rings (SSSR count). The molecule has 0 atom stereocenters. The number of aliphatic hydroxyl groups is 1. The Morgan fingerprint density at radius 1 is 1.04 bits per heavy atom. The second-order valence-corrected chi connectivity index (χ2v) is 8.73. The highest BCUT2D eigenvalue weighted by molar-refractivity contribution is 6.36. The van der Waals surface area contributed by atoms with Gasteiger partial charge in [0.25, 0.3) is 0 Å². The first-order chi connectivity index (χ1) is 13.4. The van der Waals surface area contributed by atoms with Crippen LogP contribution in [-0.2, 0) is 11.3 Å². The highest BCUT2D eigenvalue weighted by Crippen LogP contribution is 2.45. The number of likely N-dealkylation sites (tertiary alicyclic amines) is 1. The van der Waals surface area contributed by atoms with Crippen molar-refractivity contribution in [2.24, 2.45) is 5.41 Å². The third-order valence-electron chi connectivity index (χ3n) is 6.18. The maximum absolute atomic E-state index is 13.2. The van der Waals surface area contributed by atoms with Gasteiger partial charge in [-0.05, 0) is 67.5 Å². The molecular weight excluding hydrogens is 400 g/mol. The molecule has 2 aromatic carbocycles. The van der Waals surface area contributed by atoms with Gasteiger partial charge in [-0.25, -0.2) is 4.39 Å². The van der Waals surface area contributed by atoms with Gasteiger partial charge in [0, 0.05) is 28.7 Å². The van der Waals surface area contributed by atoms with Crippen LogP contribution in [0.3, 0.4) is 0 Å². The normalized spacial score (nSPS) is 24.9. The lowest BCUT2D eigenvalue weighted by molar-refractivity contribution is -0.139. The Bertz CT molecular complexity index is 869. The van der Waals surface area contributed by atoms with Crippen molar-refractivity contribution >= 4 is 29.1 Å². The molecule has 1 heterocycles. The molecule has 6 heteroatoms. The van der Waals surface area contributed by atoms with Gasteiger partial charge in [0.1, 0.15) is 5.82 Å². The third kappa shape index (κ3) is 3.66. The molecule has 1 aliphatic carbocycles. The number of benzene rings is 2. The van der Waals surface area contributed by atoms with Crippen LogP contribution in [0.5, 0.6) is 0 Å². The van der Waals surface area contributed by atoms with Crippen LogP contribution in [0.4, 0.5) is 4.39 Å². The molecule has 28 heavy (non-hydrogen) atoms. The Morgan fingerprint density at radius 2 is 1.64 bits per heavy atom. The number of aliphatic hydroxyl groups excluding tert-OH is 1. The van der Waals surface area contributed by atoms with Crippen molar-refractivity contribution in [3.05, 3.63) is 57.8 Å². The van der Waals surface area contributed by atoms with Crippen molar-refractivity contribution < 1.29 is 14.3 Å². The Balaban J connectivity index is 1.54. The average Bonchev–Trinajstić information content (AvgIpc) is 2.97. The standard InChI is InChI=1S/C22H22Cl2FNO2/c23-19-11-15(14-1-3-16(25)4-2-14)12-20(24)18(19)13-26-10-9-22(21(26)28)7-5-17(27)6-8-22/h1-4,11-12,17,27H,5-10,13H2/t17-,22+. The van der Waals surface area contributed by atoms with Gasteiger partial charge in [0.05, 0.1) is 11.5 Å². The van der Waals surface area contributed by atoms with Gasteiger partial charge in [0.15, 0.2) is 0 Å². The SMILES string of the molecule is O=C1N(Cc2c(Cl)cc(-c3ccc(F)cc3)cc2Cl)CC[C@]12CC[C@H](O)CC2. The topological polar surface area (TPSA) is 40.5 Å². The largest absolute Gasteiger partial charge is 0.393 e. The van der Waals surface area contributed by atoms with Crippen LogP contribution in [0.25, 0.3) is 11.1 Å². The number of rotatable bonds is 3. The third-order valence-corrected chi connectivity index (χ3v) is 6.86. The average molecular weight is 422 g/mol. The fraction of sp³-hybridized carbons (Fsp3) is 0.409. The van der Waals surface area contributed by atoms with E-state index in [0.29, 0.717) is 36.0 Å². The van der Waals surface area contributed by atoms with Gasteiger partial charge >= 0.3 is 0 Å². The van der Waals surface area contributed by atoms with Gasteiger partial charge in [-0.1, -0.05) is 35.3 Å². The van der Waals surface area contributed by atoms with E-state index in [4.69, 9.17) is 23.2 Å². The molecule has 1 aliphatic heterocycles. The summed E-state index contributed by atoms with van der Waals surface area (Å²) in [5.41, 5.74) is 2.04. The van der Waals surface area contributed by atoms with Gasteiger partial charge in [-0.3, -0.25) is 4.79 Å². The van der Waals surface area contributed by atoms with Crippen LogP contribution in [0.1, 0.15) is 37.7 Å².